The van der Waals surface area contributed by atoms with E-state index in [1.807, 2.05) is 32.0 Å². The van der Waals surface area contributed by atoms with E-state index in [2.05, 4.69) is 27.9 Å². The first-order valence-electron chi connectivity index (χ1n) is 5.98. The summed E-state index contributed by atoms with van der Waals surface area (Å²) in [4.78, 5) is 24.0. The summed E-state index contributed by atoms with van der Waals surface area (Å²) >= 11 is 2.21. The molecule has 0 aliphatic rings. The van der Waals surface area contributed by atoms with Gasteiger partial charge in [-0.3, -0.25) is 4.79 Å². The van der Waals surface area contributed by atoms with Crippen LogP contribution in [0.3, 0.4) is 0 Å². The molecular formula is C13H17IN2O3. The summed E-state index contributed by atoms with van der Waals surface area (Å²) < 4.78 is 1.07. The Hall–Kier alpha value is -1.31. The third kappa shape index (κ3) is 5.06. The zero-order chi connectivity index (χ0) is 14.4. The summed E-state index contributed by atoms with van der Waals surface area (Å²) in [6.45, 7) is 4.50. The quantitative estimate of drug-likeness (QED) is 0.777. The molecule has 104 valence electrons. The number of nitrogens with one attached hydrogen (secondary N) is 1. The number of amides is 2. The summed E-state index contributed by atoms with van der Waals surface area (Å²) in [6.07, 6.45) is -0.0489. The number of benzene rings is 1. The highest BCUT2D eigenvalue weighted by molar-refractivity contribution is 14.1. The molecule has 1 aromatic rings. The van der Waals surface area contributed by atoms with Gasteiger partial charge in [0.1, 0.15) is 0 Å². The standard InChI is InChI=1S/C13H17IN2O3/c1-3-16(7-6-12(17)18)13(19)15-10-5-4-9(2)11(14)8-10/h4-5,8H,3,6-7H2,1-2H3,(H,15,19)(H,17,18). The number of carbonyl (C=O) groups is 2. The van der Waals surface area contributed by atoms with Crippen molar-refractivity contribution in [2.45, 2.75) is 20.3 Å². The Morgan fingerprint density at radius 1 is 1.42 bits per heavy atom. The average molecular weight is 376 g/mol. The number of nitrogens with zero attached hydrogens (tertiary/aromatic N) is 1. The predicted octanol–water partition coefficient (Wildman–Crippen LogP) is 2.93. The van der Waals surface area contributed by atoms with Gasteiger partial charge in [-0.15, -0.1) is 0 Å². The van der Waals surface area contributed by atoms with Crippen LogP contribution >= 0.6 is 22.6 Å². The Bertz CT molecular complexity index is 477. The molecule has 0 spiro atoms. The third-order valence-electron chi connectivity index (χ3n) is 2.69. The topological polar surface area (TPSA) is 69.6 Å². The zero-order valence-corrected chi connectivity index (χ0v) is 13.1. The minimum absolute atomic E-state index is 0.0489. The van der Waals surface area contributed by atoms with Crippen LogP contribution in [0, 0.1) is 10.5 Å². The molecule has 0 saturated heterocycles. The van der Waals surface area contributed by atoms with Crippen molar-refractivity contribution in [3.63, 3.8) is 0 Å². The molecule has 0 aromatic heterocycles. The lowest BCUT2D eigenvalue weighted by atomic mass is 10.2. The molecule has 0 radical (unpaired) electrons. The van der Waals surface area contributed by atoms with Crippen LogP contribution in [0.15, 0.2) is 18.2 Å². The SMILES string of the molecule is CCN(CCC(=O)O)C(=O)Nc1ccc(C)c(I)c1. The molecule has 0 aliphatic heterocycles. The fraction of sp³-hybridized carbons (Fsp3) is 0.385. The zero-order valence-electron chi connectivity index (χ0n) is 10.9. The normalized spacial score (nSPS) is 10.1. The molecule has 0 fully saturated rings. The first kappa shape index (κ1) is 15.7. The minimum atomic E-state index is -0.906. The Balaban J connectivity index is 2.65. The van der Waals surface area contributed by atoms with E-state index in [1.165, 1.54) is 4.90 Å². The fourth-order valence-corrected chi connectivity index (χ4v) is 2.02. The lowest BCUT2D eigenvalue weighted by molar-refractivity contribution is -0.137. The molecule has 2 N–H and O–H groups in total. The maximum atomic E-state index is 12.0. The number of carboxylic acid groups (broad SMARTS) is 1. The summed E-state index contributed by atoms with van der Waals surface area (Å²) in [5, 5.41) is 11.4. The number of aryl methyl sites for hydroxylation is 1. The number of carbonyl (C=O) groups excluding carboxylic acids is 1. The maximum Gasteiger partial charge on any atom is 0.321 e. The minimum Gasteiger partial charge on any atom is -0.481 e. The van der Waals surface area contributed by atoms with Crippen LogP contribution < -0.4 is 5.32 Å². The second-order valence-electron chi connectivity index (χ2n) is 4.12. The number of aliphatic carboxylic acids is 1. The van der Waals surface area contributed by atoms with Gasteiger partial charge in [0, 0.05) is 22.3 Å². The van der Waals surface area contributed by atoms with Crippen molar-refractivity contribution in [3.05, 3.63) is 27.3 Å². The fourth-order valence-electron chi connectivity index (χ4n) is 1.51. The van der Waals surface area contributed by atoms with Crippen molar-refractivity contribution in [2.24, 2.45) is 0 Å². The highest BCUT2D eigenvalue weighted by Crippen LogP contribution is 2.17. The van der Waals surface area contributed by atoms with Crippen molar-refractivity contribution < 1.29 is 14.7 Å². The van der Waals surface area contributed by atoms with Gasteiger partial charge in [0.2, 0.25) is 0 Å². The van der Waals surface area contributed by atoms with Gasteiger partial charge in [-0.25, -0.2) is 4.79 Å². The van der Waals surface area contributed by atoms with E-state index in [0.29, 0.717) is 12.2 Å². The van der Waals surface area contributed by atoms with Crippen molar-refractivity contribution in [2.75, 3.05) is 18.4 Å². The molecule has 0 aliphatic carbocycles. The van der Waals surface area contributed by atoms with Gasteiger partial charge in [-0.1, -0.05) is 6.07 Å². The van der Waals surface area contributed by atoms with Crippen LogP contribution in [0.4, 0.5) is 10.5 Å². The van der Waals surface area contributed by atoms with Gasteiger partial charge in [0.25, 0.3) is 0 Å². The molecule has 0 heterocycles. The van der Waals surface area contributed by atoms with Crippen LogP contribution in [-0.4, -0.2) is 35.1 Å². The number of rotatable bonds is 5. The Morgan fingerprint density at radius 3 is 2.63 bits per heavy atom. The van der Waals surface area contributed by atoms with Gasteiger partial charge in [-0.05, 0) is 54.1 Å². The lowest BCUT2D eigenvalue weighted by Crippen LogP contribution is -2.36. The van der Waals surface area contributed by atoms with Gasteiger partial charge in [-0.2, -0.15) is 0 Å². The smallest absolute Gasteiger partial charge is 0.321 e. The van der Waals surface area contributed by atoms with E-state index < -0.39 is 5.97 Å². The first-order valence-corrected chi connectivity index (χ1v) is 7.05. The summed E-state index contributed by atoms with van der Waals surface area (Å²) in [6, 6.07) is 5.38. The van der Waals surface area contributed by atoms with Gasteiger partial charge in [0.15, 0.2) is 0 Å². The maximum absolute atomic E-state index is 12.0. The molecule has 0 saturated carbocycles. The molecule has 0 unspecified atom stereocenters. The van der Waals surface area contributed by atoms with Crippen LogP contribution in [0.2, 0.25) is 0 Å². The van der Waals surface area contributed by atoms with E-state index in [4.69, 9.17) is 5.11 Å². The molecule has 0 bridgehead atoms. The molecule has 0 atom stereocenters. The number of halogens is 1. The van der Waals surface area contributed by atoms with Crippen molar-refractivity contribution in [1.29, 1.82) is 0 Å². The van der Waals surface area contributed by atoms with Crippen molar-refractivity contribution in [1.82, 2.24) is 4.90 Å². The number of carboxylic acids is 1. The highest BCUT2D eigenvalue weighted by atomic mass is 127. The largest absolute Gasteiger partial charge is 0.481 e. The third-order valence-corrected chi connectivity index (χ3v) is 3.85. The summed E-state index contributed by atoms with van der Waals surface area (Å²) in [7, 11) is 0. The van der Waals surface area contributed by atoms with E-state index >= 15 is 0 Å². The average Bonchev–Trinajstić information content (AvgIpc) is 2.34. The van der Waals surface area contributed by atoms with Gasteiger partial charge >= 0.3 is 12.0 Å². The Labute approximate surface area is 126 Å². The van der Waals surface area contributed by atoms with E-state index in [9.17, 15) is 9.59 Å². The van der Waals surface area contributed by atoms with Crippen LogP contribution in [0.1, 0.15) is 18.9 Å². The van der Waals surface area contributed by atoms with Gasteiger partial charge < -0.3 is 15.3 Å². The van der Waals surface area contributed by atoms with E-state index in [1.54, 1.807) is 0 Å². The molecule has 6 heteroatoms. The molecular weight excluding hydrogens is 359 g/mol. The second-order valence-corrected chi connectivity index (χ2v) is 5.28. The molecule has 1 aromatic carbocycles. The van der Waals surface area contributed by atoms with E-state index in [-0.39, 0.29) is 19.0 Å². The van der Waals surface area contributed by atoms with Crippen LogP contribution in [-0.2, 0) is 4.79 Å². The predicted molar refractivity (Wildman–Crippen MR) is 82.4 cm³/mol. The van der Waals surface area contributed by atoms with Crippen molar-refractivity contribution in [3.8, 4) is 0 Å². The van der Waals surface area contributed by atoms with Crippen molar-refractivity contribution >= 4 is 40.3 Å². The second kappa shape index (κ2) is 7.32. The summed E-state index contributed by atoms with van der Waals surface area (Å²) in [5.74, 6) is -0.906. The van der Waals surface area contributed by atoms with E-state index in [0.717, 1.165) is 9.13 Å². The number of hydrogen-bond acceptors (Lipinski definition) is 2. The number of hydrogen-bond donors (Lipinski definition) is 2. The lowest BCUT2D eigenvalue weighted by Gasteiger charge is -2.20. The number of anilines is 1. The molecule has 2 amide bonds. The molecule has 1 rings (SSSR count). The van der Waals surface area contributed by atoms with Crippen LogP contribution in [0.25, 0.3) is 0 Å². The first-order chi connectivity index (χ1) is 8.93. The number of urea groups is 1. The molecule has 19 heavy (non-hydrogen) atoms. The van der Waals surface area contributed by atoms with Crippen LogP contribution in [0.5, 0.6) is 0 Å². The Kier molecular flexibility index (Phi) is 6.07. The monoisotopic (exact) mass is 376 g/mol. The summed E-state index contributed by atoms with van der Waals surface area (Å²) in [5.41, 5.74) is 1.87. The van der Waals surface area contributed by atoms with Gasteiger partial charge in [0.05, 0.1) is 6.42 Å². The Morgan fingerprint density at radius 2 is 2.11 bits per heavy atom. The highest BCUT2D eigenvalue weighted by Gasteiger charge is 2.13. The molecule has 5 nitrogen and oxygen atoms in total.